The largest absolute Gasteiger partial charge is 0.450 e. The Kier molecular flexibility index (Phi) is 4.28. The predicted molar refractivity (Wildman–Crippen MR) is 72.4 cm³/mol. The van der Waals surface area contributed by atoms with Gasteiger partial charge in [0.05, 0.1) is 24.7 Å². The first-order valence-corrected chi connectivity index (χ1v) is 5.86. The highest BCUT2D eigenvalue weighted by atomic mass is 16.5. The molecule has 2 N–H and O–H groups in total. The van der Waals surface area contributed by atoms with Gasteiger partial charge in [-0.15, -0.1) is 0 Å². The Morgan fingerprint density at radius 1 is 1.16 bits per heavy atom. The van der Waals surface area contributed by atoms with E-state index in [-0.39, 0.29) is 0 Å². The normalized spacial score (nSPS) is 9.74. The number of para-hydroxylation sites is 1. The summed E-state index contributed by atoms with van der Waals surface area (Å²) in [4.78, 5) is 19.4. The number of benzene rings is 1. The summed E-state index contributed by atoms with van der Waals surface area (Å²) in [6, 6.07) is 9.58. The molecule has 6 nitrogen and oxygen atoms in total. The van der Waals surface area contributed by atoms with Crippen LogP contribution in [0.3, 0.4) is 0 Å². The van der Waals surface area contributed by atoms with E-state index in [1.54, 1.807) is 6.92 Å². The van der Waals surface area contributed by atoms with E-state index in [1.807, 2.05) is 30.3 Å². The Morgan fingerprint density at radius 2 is 1.84 bits per heavy atom. The maximum atomic E-state index is 11.2. The van der Waals surface area contributed by atoms with Gasteiger partial charge < -0.3 is 10.1 Å². The molecule has 1 amide bonds. The van der Waals surface area contributed by atoms with Crippen molar-refractivity contribution >= 4 is 23.4 Å². The van der Waals surface area contributed by atoms with Crippen LogP contribution in [-0.4, -0.2) is 22.7 Å². The zero-order chi connectivity index (χ0) is 13.5. The second-order valence-corrected chi connectivity index (χ2v) is 3.63. The lowest BCUT2D eigenvalue weighted by Crippen LogP contribution is -2.13. The van der Waals surface area contributed by atoms with Gasteiger partial charge in [0, 0.05) is 5.69 Å². The number of carbonyl (C=O) groups excluding carboxylic acids is 1. The Balaban J connectivity index is 1.97. The molecule has 0 bridgehead atoms. The lowest BCUT2D eigenvalue weighted by atomic mass is 10.3. The monoisotopic (exact) mass is 258 g/mol. The van der Waals surface area contributed by atoms with Crippen LogP contribution in [0.15, 0.2) is 42.7 Å². The first-order chi connectivity index (χ1) is 9.28. The van der Waals surface area contributed by atoms with Crippen LogP contribution in [0.2, 0.25) is 0 Å². The summed E-state index contributed by atoms with van der Waals surface area (Å²) in [7, 11) is 0. The molecule has 19 heavy (non-hydrogen) atoms. The molecule has 0 unspecified atom stereocenters. The minimum Gasteiger partial charge on any atom is -0.450 e. The van der Waals surface area contributed by atoms with E-state index < -0.39 is 6.09 Å². The lowest BCUT2D eigenvalue weighted by Gasteiger charge is -2.06. The molecule has 0 aliphatic rings. The van der Waals surface area contributed by atoms with Crippen LogP contribution in [0.25, 0.3) is 0 Å². The highest BCUT2D eigenvalue weighted by molar-refractivity contribution is 5.84. The molecule has 0 saturated carbocycles. The number of anilines is 3. The number of rotatable bonds is 4. The van der Waals surface area contributed by atoms with Gasteiger partial charge in [0.1, 0.15) is 0 Å². The second kappa shape index (κ2) is 6.34. The smallest absolute Gasteiger partial charge is 0.411 e. The molecular formula is C13H14N4O2. The first-order valence-electron chi connectivity index (χ1n) is 5.86. The lowest BCUT2D eigenvalue weighted by molar-refractivity contribution is 0.168. The van der Waals surface area contributed by atoms with Crippen molar-refractivity contribution in [3.63, 3.8) is 0 Å². The number of nitrogens with zero attached hydrogens (tertiary/aromatic N) is 2. The SMILES string of the molecule is CCOC(=O)Nc1cnc(Nc2ccccc2)nc1. The van der Waals surface area contributed by atoms with E-state index in [1.165, 1.54) is 12.4 Å². The molecule has 2 aromatic rings. The van der Waals surface area contributed by atoms with Crippen LogP contribution >= 0.6 is 0 Å². The fourth-order valence-corrected chi connectivity index (χ4v) is 1.39. The number of aromatic nitrogens is 2. The molecular weight excluding hydrogens is 244 g/mol. The maximum absolute atomic E-state index is 11.2. The fraction of sp³-hybridized carbons (Fsp3) is 0.154. The van der Waals surface area contributed by atoms with Crippen LogP contribution in [0, 0.1) is 0 Å². The molecule has 0 aliphatic heterocycles. The third-order valence-corrected chi connectivity index (χ3v) is 2.20. The number of hydrogen-bond acceptors (Lipinski definition) is 5. The van der Waals surface area contributed by atoms with E-state index in [2.05, 4.69) is 20.6 Å². The van der Waals surface area contributed by atoms with Crippen molar-refractivity contribution in [3.8, 4) is 0 Å². The number of amides is 1. The summed E-state index contributed by atoms with van der Waals surface area (Å²) in [6.45, 7) is 2.06. The van der Waals surface area contributed by atoms with E-state index >= 15 is 0 Å². The van der Waals surface area contributed by atoms with Gasteiger partial charge in [0.15, 0.2) is 0 Å². The predicted octanol–water partition coefficient (Wildman–Crippen LogP) is 2.79. The highest BCUT2D eigenvalue weighted by Crippen LogP contribution is 2.12. The molecule has 0 atom stereocenters. The van der Waals surface area contributed by atoms with Crippen molar-refractivity contribution in [2.24, 2.45) is 0 Å². The molecule has 0 aliphatic carbocycles. The summed E-state index contributed by atoms with van der Waals surface area (Å²) in [5.74, 6) is 0.459. The molecule has 0 fully saturated rings. The Morgan fingerprint density at radius 3 is 2.47 bits per heavy atom. The van der Waals surface area contributed by atoms with Crippen molar-refractivity contribution in [3.05, 3.63) is 42.7 Å². The van der Waals surface area contributed by atoms with Crippen molar-refractivity contribution in [2.45, 2.75) is 6.92 Å². The molecule has 1 aromatic heterocycles. The summed E-state index contributed by atoms with van der Waals surface area (Å²) in [5.41, 5.74) is 1.38. The molecule has 6 heteroatoms. The number of hydrogen-bond donors (Lipinski definition) is 2. The summed E-state index contributed by atoms with van der Waals surface area (Å²) in [6.07, 6.45) is 2.50. The van der Waals surface area contributed by atoms with Crippen LogP contribution < -0.4 is 10.6 Å². The zero-order valence-corrected chi connectivity index (χ0v) is 10.5. The Hall–Kier alpha value is -2.63. The molecule has 0 saturated heterocycles. The molecule has 0 spiro atoms. The van der Waals surface area contributed by atoms with Crippen LogP contribution in [0.1, 0.15) is 6.92 Å². The van der Waals surface area contributed by atoms with Gasteiger partial charge in [-0.2, -0.15) is 0 Å². The third kappa shape index (κ3) is 3.95. The van der Waals surface area contributed by atoms with E-state index in [9.17, 15) is 4.79 Å². The van der Waals surface area contributed by atoms with Gasteiger partial charge in [0.25, 0.3) is 0 Å². The molecule has 2 rings (SSSR count). The summed E-state index contributed by atoms with van der Waals surface area (Å²) >= 11 is 0. The minimum absolute atomic E-state index is 0.320. The maximum Gasteiger partial charge on any atom is 0.411 e. The van der Waals surface area contributed by atoms with Crippen LogP contribution in [0.4, 0.5) is 22.1 Å². The molecule has 1 aromatic carbocycles. The average Bonchev–Trinajstić information content (AvgIpc) is 2.42. The van der Waals surface area contributed by atoms with Gasteiger partial charge in [-0.3, -0.25) is 5.32 Å². The van der Waals surface area contributed by atoms with Gasteiger partial charge >= 0.3 is 6.09 Å². The Labute approximate surface area is 110 Å². The topological polar surface area (TPSA) is 76.1 Å². The second-order valence-electron chi connectivity index (χ2n) is 3.63. The first kappa shape index (κ1) is 12.8. The average molecular weight is 258 g/mol. The van der Waals surface area contributed by atoms with Crippen molar-refractivity contribution in [1.82, 2.24) is 9.97 Å². The van der Waals surface area contributed by atoms with Crippen molar-refractivity contribution in [1.29, 1.82) is 0 Å². The van der Waals surface area contributed by atoms with Crippen molar-refractivity contribution in [2.75, 3.05) is 17.2 Å². The number of nitrogens with one attached hydrogen (secondary N) is 2. The van der Waals surface area contributed by atoms with Crippen LogP contribution in [-0.2, 0) is 4.74 Å². The Bertz CT molecular complexity index is 528. The summed E-state index contributed by atoms with van der Waals surface area (Å²) < 4.78 is 4.75. The fourth-order valence-electron chi connectivity index (χ4n) is 1.39. The quantitative estimate of drug-likeness (QED) is 0.881. The van der Waals surface area contributed by atoms with Crippen molar-refractivity contribution < 1.29 is 9.53 Å². The third-order valence-electron chi connectivity index (χ3n) is 2.20. The van der Waals surface area contributed by atoms with Gasteiger partial charge in [-0.25, -0.2) is 14.8 Å². The molecule has 0 radical (unpaired) electrons. The highest BCUT2D eigenvalue weighted by Gasteiger charge is 2.03. The van der Waals surface area contributed by atoms with Crippen LogP contribution in [0.5, 0.6) is 0 Å². The van der Waals surface area contributed by atoms with E-state index in [4.69, 9.17) is 4.74 Å². The standard InChI is InChI=1S/C13H14N4O2/c1-2-19-13(18)17-11-8-14-12(15-9-11)16-10-6-4-3-5-7-10/h3-9H,2H2,1H3,(H,17,18)(H,14,15,16). The zero-order valence-electron chi connectivity index (χ0n) is 10.5. The minimum atomic E-state index is -0.519. The number of carbonyl (C=O) groups is 1. The van der Waals surface area contributed by atoms with E-state index in [0.717, 1.165) is 5.69 Å². The van der Waals surface area contributed by atoms with Gasteiger partial charge in [-0.1, -0.05) is 18.2 Å². The van der Waals surface area contributed by atoms with Gasteiger partial charge in [0.2, 0.25) is 5.95 Å². The molecule has 98 valence electrons. The van der Waals surface area contributed by atoms with Gasteiger partial charge in [-0.05, 0) is 19.1 Å². The summed E-state index contributed by atoms with van der Waals surface area (Å²) in [5, 5.41) is 5.56. The number of ether oxygens (including phenoxy) is 1. The molecule has 1 heterocycles. The van der Waals surface area contributed by atoms with E-state index in [0.29, 0.717) is 18.2 Å².